The molecule has 0 saturated heterocycles. The van der Waals surface area contributed by atoms with Crippen LogP contribution in [0.25, 0.3) is 10.9 Å². The Morgan fingerprint density at radius 2 is 1.88 bits per heavy atom. The number of hydrogen-bond acceptors (Lipinski definition) is 3. The predicted molar refractivity (Wildman–Crippen MR) is 98.0 cm³/mol. The fourth-order valence-corrected chi connectivity index (χ4v) is 2.88. The van der Waals surface area contributed by atoms with Crippen molar-refractivity contribution in [2.45, 2.75) is 13.0 Å². The first-order valence-corrected chi connectivity index (χ1v) is 8.14. The number of amides is 1. The number of methoxy groups -OCH3 is 1. The van der Waals surface area contributed by atoms with Gasteiger partial charge in [0.25, 0.3) is 5.91 Å². The van der Waals surface area contributed by atoms with E-state index in [4.69, 9.17) is 4.74 Å². The minimum atomic E-state index is -0.515. The molecule has 1 N–H and O–H groups in total. The molecule has 0 aliphatic carbocycles. The number of hydrogen-bond donors (Lipinski definition) is 1. The molecule has 1 heterocycles. The minimum absolute atomic E-state index is 0.0223. The normalized spacial score (nSPS) is 12.0. The molecule has 0 radical (unpaired) electrons. The Balaban J connectivity index is 1.92. The van der Waals surface area contributed by atoms with Crippen molar-refractivity contribution in [3.05, 3.63) is 75.8 Å². The molecule has 0 aliphatic rings. The van der Waals surface area contributed by atoms with Crippen LogP contribution in [0.2, 0.25) is 0 Å². The van der Waals surface area contributed by atoms with E-state index in [1.807, 2.05) is 19.1 Å². The SMILES string of the molecule is COc1ccc([C@H](C)NC(=O)c2cn(C)c3ccc(F)cc3c2=O)cc1. The largest absolute Gasteiger partial charge is 0.497 e. The predicted octanol–water partition coefficient (Wildman–Crippen LogP) is 3.18. The van der Waals surface area contributed by atoms with E-state index >= 15 is 0 Å². The summed E-state index contributed by atoms with van der Waals surface area (Å²) < 4.78 is 20.3. The van der Waals surface area contributed by atoms with Crippen LogP contribution in [0, 0.1) is 5.82 Å². The summed E-state index contributed by atoms with van der Waals surface area (Å²) in [6.45, 7) is 1.82. The molecule has 3 rings (SSSR count). The summed E-state index contributed by atoms with van der Waals surface area (Å²) in [7, 11) is 3.29. The fourth-order valence-electron chi connectivity index (χ4n) is 2.88. The molecule has 1 amide bonds. The Morgan fingerprint density at radius 1 is 1.19 bits per heavy atom. The maximum absolute atomic E-state index is 13.5. The van der Waals surface area contributed by atoms with Gasteiger partial charge in [0.2, 0.25) is 5.43 Å². The van der Waals surface area contributed by atoms with E-state index in [0.717, 1.165) is 17.4 Å². The van der Waals surface area contributed by atoms with Gasteiger partial charge in [-0.2, -0.15) is 0 Å². The Labute approximate surface area is 150 Å². The summed E-state index contributed by atoms with van der Waals surface area (Å²) in [6.07, 6.45) is 1.47. The number of carbonyl (C=O) groups is 1. The molecule has 0 fully saturated rings. The van der Waals surface area contributed by atoms with Crippen molar-refractivity contribution in [3.63, 3.8) is 0 Å². The number of halogens is 1. The molecule has 26 heavy (non-hydrogen) atoms. The summed E-state index contributed by atoms with van der Waals surface area (Å²) in [6, 6.07) is 10.9. The lowest BCUT2D eigenvalue weighted by molar-refractivity contribution is 0.0938. The first kappa shape index (κ1) is 17.7. The molecule has 0 aliphatic heterocycles. The number of fused-ring (bicyclic) bond motifs is 1. The topological polar surface area (TPSA) is 60.3 Å². The van der Waals surface area contributed by atoms with Crippen LogP contribution in [0.4, 0.5) is 4.39 Å². The standard InChI is InChI=1S/C20H19FN2O3/c1-12(13-4-7-15(26-3)8-5-13)22-20(25)17-11-23(2)18-9-6-14(21)10-16(18)19(17)24/h4-12H,1-3H3,(H,22,25)/t12-/m0/s1. The molecule has 0 unspecified atom stereocenters. The highest BCUT2D eigenvalue weighted by atomic mass is 19.1. The zero-order valence-corrected chi connectivity index (χ0v) is 14.7. The molecule has 1 atom stereocenters. The Kier molecular flexibility index (Phi) is 4.75. The molecule has 5 nitrogen and oxygen atoms in total. The fraction of sp³-hybridized carbons (Fsp3) is 0.200. The molecule has 0 bridgehead atoms. The summed E-state index contributed by atoms with van der Waals surface area (Å²) in [4.78, 5) is 25.2. The Hall–Kier alpha value is -3.15. The van der Waals surface area contributed by atoms with Crippen molar-refractivity contribution >= 4 is 16.8 Å². The number of pyridine rings is 1. The summed E-state index contributed by atoms with van der Waals surface area (Å²) in [5, 5.41) is 2.99. The van der Waals surface area contributed by atoms with Crippen LogP contribution < -0.4 is 15.5 Å². The number of rotatable bonds is 4. The van der Waals surface area contributed by atoms with Crippen molar-refractivity contribution < 1.29 is 13.9 Å². The van der Waals surface area contributed by atoms with Crippen LogP contribution in [0.3, 0.4) is 0 Å². The van der Waals surface area contributed by atoms with E-state index in [-0.39, 0.29) is 17.0 Å². The van der Waals surface area contributed by atoms with E-state index in [1.54, 1.807) is 30.9 Å². The van der Waals surface area contributed by atoms with Gasteiger partial charge in [-0.3, -0.25) is 9.59 Å². The van der Waals surface area contributed by atoms with E-state index in [1.165, 1.54) is 18.3 Å². The van der Waals surface area contributed by atoms with Crippen LogP contribution in [0.15, 0.2) is 53.5 Å². The molecule has 134 valence electrons. The molecule has 0 saturated carbocycles. The first-order valence-electron chi connectivity index (χ1n) is 8.14. The van der Waals surface area contributed by atoms with Gasteiger partial charge in [-0.15, -0.1) is 0 Å². The van der Waals surface area contributed by atoms with Crippen molar-refractivity contribution in [1.29, 1.82) is 0 Å². The van der Waals surface area contributed by atoms with E-state index in [0.29, 0.717) is 5.52 Å². The zero-order valence-electron chi connectivity index (χ0n) is 14.7. The van der Waals surface area contributed by atoms with Gasteiger partial charge in [-0.25, -0.2) is 4.39 Å². The molecule has 1 aromatic heterocycles. The molecule has 0 spiro atoms. The third-order valence-electron chi connectivity index (χ3n) is 4.36. The molecular weight excluding hydrogens is 335 g/mol. The first-order chi connectivity index (χ1) is 12.4. The zero-order chi connectivity index (χ0) is 18.8. The highest BCUT2D eigenvalue weighted by molar-refractivity contribution is 5.97. The minimum Gasteiger partial charge on any atom is -0.497 e. The second-order valence-electron chi connectivity index (χ2n) is 6.11. The van der Waals surface area contributed by atoms with Gasteiger partial charge < -0.3 is 14.6 Å². The highest BCUT2D eigenvalue weighted by Gasteiger charge is 2.17. The number of carbonyl (C=O) groups excluding carboxylic acids is 1. The maximum atomic E-state index is 13.5. The quantitative estimate of drug-likeness (QED) is 0.783. The number of nitrogens with zero attached hydrogens (tertiary/aromatic N) is 1. The van der Waals surface area contributed by atoms with Crippen molar-refractivity contribution in [3.8, 4) is 5.75 Å². The lowest BCUT2D eigenvalue weighted by Gasteiger charge is -2.15. The van der Waals surface area contributed by atoms with Gasteiger partial charge in [0.1, 0.15) is 17.1 Å². The Morgan fingerprint density at radius 3 is 2.54 bits per heavy atom. The maximum Gasteiger partial charge on any atom is 0.257 e. The average Bonchev–Trinajstić information content (AvgIpc) is 2.64. The van der Waals surface area contributed by atoms with Gasteiger partial charge in [-0.05, 0) is 42.8 Å². The van der Waals surface area contributed by atoms with Crippen LogP contribution in [0.1, 0.15) is 28.9 Å². The number of ether oxygens (including phenoxy) is 1. The second kappa shape index (κ2) is 7.00. The second-order valence-corrected chi connectivity index (χ2v) is 6.11. The van der Waals surface area contributed by atoms with E-state index in [9.17, 15) is 14.0 Å². The van der Waals surface area contributed by atoms with Crippen molar-refractivity contribution in [2.75, 3.05) is 7.11 Å². The number of nitrogens with one attached hydrogen (secondary N) is 1. The van der Waals surface area contributed by atoms with Crippen LogP contribution in [-0.4, -0.2) is 17.6 Å². The van der Waals surface area contributed by atoms with Gasteiger partial charge in [-0.1, -0.05) is 12.1 Å². The third-order valence-corrected chi connectivity index (χ3v) is 4.36. The molecular formula is C20H19FN2O3. The number of aromatic nitrogens is 1. The monoisotopic (exact) mass is 354 g/mol. The van der Waals surface area contributed by atoms with Gasteiger partial charge in [0, 0.05) is 18.6 Å². The lowest BCUT2D eigenvalue weighted by atomic mass is 10.1. The highest BCUT2D eigenvalue weighted by Crippen LogP contribution is 2.18. The van der Waals surface area contributed by atoms with Crippen LogP contribution in [-0.2, 0) is 7.05 Å². The van der Waals surface area contributed by atoms with E-state index < -0.39 is 17.2 Å². The van der Waals surface area contributed by atoms with Crippen LogP contribution >= 0.6 is 0 Å². The third kappa shape index (κ3) is 3.31. The molecule has 2 aromatic carbocycles. The van der Waals surface area contributed by atoms with Gasteiger partial charge >= 0.3 is 0 Å². The number of benzene rings is 2. The van der Waals surface area contributed by atoms with E-state index in [2.05, 4.69) is 5.32 Å². The Bertz CT molecular complexity index is 1030. The summed E-state index contributed by atoms with van der Waals surface area (Å²) in [5.41, 5.74) is 0.932. The van der Waals surface area contributed by atoms with Gasteiger partial charge in [0.15, 0.2) is 0 Å². The van der Waals surface area contributed by atoms with Gasteiger partial charge in [0.05, 0.1) is 18.7 Å². The smallest absolute Gasteiger partial charge is 0.257 e. The molecule has 6 heteroatoms. The number of aryl methyl sites for hydroxylation is 1. The van der Waals surface area contributed by atoms with Crippen molar-refractivity contribution in [2.24, 2.45) is 7.05 Å². The average molecular weight is 354 g/mol. The summed E-state index contributed by atoms with van der Waals surface area (Å²) in [5.74, 6) is -0.295. The van der Waals surface area contributed by atoms with Crippen molar-refractivity contribution in [1.82, 2.24) is 9.88 Å². The lowest BCUT2D eigenvalue weighted by Crippen LogP contribution is -2.31. The molecule has 3 aromatic rings. The summed E-state index contributed by atoms with van der Waals surface area (Å²) >= 11 is 0. The van der Waals surface area contributed by atoms with Crippen LogP contribution in [0.5, 0.6) is 5.75 Å².